The van der Waals surface area contributed by atoms with Gasteiger partial charge in [0.2, 0.25) is 0 Å². The molecule has 1 N–H and O–H groups in total. The molecule has 0 aliphatic heterocycles. The summed E-state index contributed by atoms with van der Waals surface area (Å²) < 4.78 is 0. The summed E-state index contributed by atoms with van der Waals surface area (Å²) in [5.74, 6) is 1.25. The molecule has 0 saturated heterocycles. The second-order valence-corrected chi connectivity index (χ2v) is 4.11. The number of halogens is 1. The molecule has 0 saturated carbocycles. The Morgan fingerprint density at radius 1 is 1.25 bits per heavy atom. The van der Waals surface area contributed by atoms with Crippen LogP contribution in [0.3, 0.4) is 0 Å². The van der Waals surface area contributed by atoms with Crippen LogP contribution in [0.5, 0.6) is 0 Å². The first kappa shape index (κ1) is 11.2. The fourth-order valence-corrected chi connectivity index (χ4v) is 1.89. The topological polar surface area (TPSA) is 28.7 Å². The Morgan fingerprint density at radius 2 is 1.94 bits per heavy atom. The molecule has 0 radical (unpaired) electrons. The number of H-pyrrole nitrogens is 1. The van der Waals surface area contributed by atoms with E-state index in [2.05, 4.69) is 41.2 Å². The molecule has 1 aromatic heterocycles. The summed E-state index contributed by atoms with van der Waals surface area (Å²) in [6, 6.07) is 8.51. The second kappa shape index (κ2) is 4.71. The predicted octanol–water partition coefficient (Wildman–Crippen LogP) is 3.69. The lowest BCUT2D eigenvalue weighted by molar-refractivity contribution is 1.10. The zero-order valence-corrected chi connectivity index (χ0v) is 10.3. The van der Waals surface area contributed by atoms with Crippen LogP contribution in [0.1, 0.15) is 24.0 Å². The minimum atomic E-state index is 0.424. The van der Waals surface area contributed by atoms with Crippen LogP contribution >= 0.6 is 11.6 Å². The molecule has 1 heterocycles. The van der Waals surface area contributed by atoms with E-state index in [-0.39, 0.29) is 0 Å². The molecule has 0 aliphatic carbocycles. The number of imidazole rings is 1. The van der Waals surface area contributed by atoms with Gasteiger partial charge in [-0.05, 0) is 18.9 Å². The molecule has 0 spiro atoms. The van der Waals surface area contributed by atoms with Crippen molar-refractivity contribution < 1.29 is 0 Å². The van der Waals surface area contributed by atoms with Gasteiger partial charge >= 0.3 is 0 Å². The first-order valence-electron chi connectivity index (χ1n) is 5.45. The summed E-state index contributed by atoms with van der Waals surface area (Å²) in [6.45, 7) is 4.17. The van der Waals surface area contributed by atoms with Crippen molar-refractivity contribution in [1.29, 1.82) is 0 Å². The molecule has 1 aromatic carbocycles. The maximum absolute atomic E-state index is 5.75. The highest BCUT2D eigenvalue weighted by Gasteiger charge is 2.07. The Morgan fingerprint density at radius 3 is 2.44 bits per heavy atom. The fourth-order valence-electron chi connectivity index (χ4n) is 1.77. The van der Waals surface area contributed by atoms with Crippen molar-refractivity contribution in [1.82, 2.24) is 9.97 Å². The Kier molecular flexibility index (Phi) is 3.30. The monoisotopic (exact) mass is 234 g/mol. The largest absolute Gasteiger partial charge is 0.345 e. The van der Waals surface area contributed by atoms with Gasteiger partial charge in [-0.2, -0.15) is 0 Å². The highest BCUT2D eigenvalue weighted by atomic mass is 35.5. The molecular formula is C13H15ClN2. The standard InChI is InChI=1S/C13H15ClN2/c1-3-10-4-6-11(7-5-10)13-9(2)15-12(8-14)16-13/h4-7H,3,8H2,1-2H3,(H,15,16). The average Bonchev–Trinajstić information content (AvgIpc) is 2.71. The number of benzene rings is 1. The summed E-state index contributed by atoms with van der Waals surface area (Å²) >= 11 is 5.75. The number of hydrogen-bond acceptors (Lipinski definition) is 1. The van der Waals surface area contributed by atoms with Crippen LogP contribution in [0.2, 0.25) is 0 Å². The van der Waals surface area contributed by atoms with Crippen molar-refractivity contribution in [2.75, 3.05) is 0 Å². The van der Waals surface area contributed by atoms with Crippen LogP contribution in [0.4, 0.5) is 0 Å². The summed E-state index contributed by atoms with van der Waals surface area (Å²) in [7, 11) is 0. The number of aromatic amines is 1. The van der Waals surface area contributed by atoms with Gasteiger partial charge in [-0.25, -0.2) is 4.98 Å². The molecule has 2 nitrogen and oxygen atoms in total. The van der Waals surface area contributed by atoms with Crippen LogP contribution in [-0.2, 0) is 12.3 Å². The first-order chi connectivity index (χ1) is 7.74. The van der Waals surface area contributed by atoms with Crippen LogP contribution in [0.15, 0.2) is 24.3 Å². The molecule has 2 rings (SSSR count). The van der Waals surface area contributed by atoms with E-state index >= 15 is 0 Å². The molecule has 84 valence electrons. The minimum Gasteiger partial charge on any atom is -0.345 e. The van der Waals surface area contributed by atoms with E-state index < -0.39 is 0 Å². The van der Waals surface area contributed by atoms with Crippen LogP contribution in [-0.4, -0.2) is 9.97 Å². The van der Waals surface area contributed by atoms with Gasteiger partial charge in [0.25, 0.3) is 0 Å². The van der Waals surface area contributed by atoms with Crippen LogP contribution in [0, 0.1) is 6.92 Å². The van der Waals surface area contributed by atoms with Gasteiger partial charge in [-0.15, -0.1) is 11.6 Å². The third-order valence-electron chi connectivity index (χ3n) is 2.70. The highest BCUT2D eigenvalue weighted by molar-refractivity contribution is 6.16. The number of alkyl halides is 1. The van der Waals surface area contributed by atoms with Crippen molar-refractivity contribution in [3.8, 4) is 11.3 Å². The summed E-state index contributed by atoms with van der Waals surface area (Å²) in [5, 5.41) is 0. The summed E-state index contributed by atoms with van der Waals surface area (Å²) in [4.78, 5) is 7.64. The van der Waals surface area contributed by atoms with Gasteiger partial charge in [-0.3, -0.25) is 0 Å². The summed E-state index contributed by atoms with van der Waals surface area (Å²) in [5.41, 5.74) is 4.55. The minimum absolute atomic E-state index is 0.424. The molecule has 3 heteroatoms. The van der Waals surface area contributed by atoms with Crippen LogP contribution < -0.4 is 0 Å². The average molecular weight is 235 g/mol. The van der Waals surface area contributed by atoms with Gasteiger partial charge < -0.3 is 4.98 Å². The van der Waals surface area contributed by atoms with Gasteiger partial charge in [0, 0.05) is 11.3 Å². The number of aryl methyl sites for hydroxylation is 2. The Hall–Kier alpha value is -1.28. The molecule has 2 aromatic rings. The lowest BCUT2D eigenvalue weighted by atomic mass is 10.1. The highest BCUT2D eigenvalue weighted by Crippen LogP contribution is 2.22. The zero-order valence-electron chi connectivity index (χ0n) is 9.55. The molecule has 0 amide bonds. The smallest absolute Gasteiger partial charge is 0.121 e. The molecular weight excluding hydrogens is 220 g/mol. The maximum atomic E-state index is 5.75. The molecule has 0 aliphatic rings. The van der Waals surface area contributed by atoms with Crippen molar-refractivity contribution in [3.63, 3.8) is 0 Å². The predicted molar refractivity (Wildman–Crippen MR) is 67.7 cm³/mol. The Bertz CT molecular complexity index is 471. The lowest BCUT2D eigenvalue weighted by Gasteiger charge is -2.00. The molecule has 16 heavy (non-hydrogen) atoms. The van der Waals surface area contributed by atoms with E-state index in [9.17, 15) is 0 Å². The first-order valence-corrected chi connectivity index (χ1v) is 5.98. The van der Waals surface area contributed by atoms with Crippen molar-refractivity contribution in [3.05, 3.63) is 41.3 Å². The van der Waals surface area contributed by atoms with Crippen molar-refractivity contribution in [2.24, 2.45) is 0 Å². The van der Waals surface area contributed by atoms with Crippen molar-refractivity contribution in [2.45, 2.75) is 26.1 Å². The quantitative estimate of drug-likeness (QED) is 0.807. The molecule has 0 unspecified atom stereocenters. The van der Waals surface area contributed by atoms with Crippen LogP contribution in [0.25, 0.3) is 11.3 Å². The normalized spacial score (nSPS) is 10.7. The van der Waals surface area contributed by atoms with E-state index in [1.54, 1.807) is 0 Å². The van der Waals surface area contributed by atoms with Crippen molar-refractivity contribution >= 4 is 11.6 Å². The molecule has 0 atom stereocenters. The van der Waals surface area contributed by atoms with Gasteiger partial charge in [-0.1, -0.05) is 31.2 Å². The number of hydrogen-bond donors (Lipinski definition) is 1. The molecule has 0 bridgehead atoms. The van der Waals surface area contributed by atoms with E-state index in [0.717, 1.165) is 29.2 Å². The third-order valence-corrected chi connectivity index (χ3v) is 2.95. The van der Waals surface area contributed by atoms with E-state index in [1.807, 2.05) is 6.92 Å². The molecule has 0 fully saturated rings. The van der Waals surface area contributed by atoms with Gasteiger partial charge in [0.05, 0.1) is 11.6 Å². The number of rotatable bonds is 3. The number of nitrogens with zero attached hydrogens (tertiary/aromatic N) is 1. The number of aromatic nitrogens is 2. The zero-order chi connectivity index (χ0) is 11.5. The van der Waals surface area contributed by atoms with E-state index in [1.165, 1.54) is 5.56 Å². The van der Waals surface area contributed by atoms with Gasteiger partial charge in [0.1, 0.15) is 5.82 Å². The van der Waals surface area contributed by atoms with Gasteiger partial charge in [0.15, 0.2) is 0 Å². The SMILES string of the molecule is CCc1ccc(-c2nc(CCl)[nH]c2C)cc1. The van der Waals surface area contributed by atoms with E-state index in [4.69, 9.17) is 11.6 Å². The summed E-state index contributed by atoms with van der Waals surface area (Å²) in [6.07, 6.45) is 1.06. The van der Waals surface area contributed by atoms with E-state index in [0.29, 0.717) is 5.88 Å². The lowest BCUT2D eigenvalue weighted by Crippen LogP contribution is -1.84. The second-order valence-electron chi connectivity index (χ2n) is 3.84. The fraction of sp³-hybridized carbons (Fsp3) is 0.308. The Balaban J connectivity index is 2.38. The maximum Gasteiger partial charge on any atom is 0.121 e. The third kappa shape index (κ3) is 2.12. The Labute approximate surface area is 101 Å². The number of nitrogens with one attached hydrogen (secondary N) is 1.